The standard InChI is InChI=1S/C30H38O7/c1-29(2,19-31)13-7-5-9-20-15-24(32)17-22(26(20)34)11-12-23-18-25(33)16-21(27(23)35)10-6-8-14-30(3,4)28(36)37/h11-12,15-18,31-35H,5,7-9,13-14,19H2,1-4H3,(H,36,37). The third-order valence-electron chi connectivity index (χ3n) is 6.42. The van der Waals surface area contributed by atoms with Crippen LogP contribution in [-0.4, -0.2) is 43.2 Å². The number of aryl methyl sites for hydroxylation is 1. The first-order chi connectivity index (χ1) is 17.3. The van der Waals surface area contributed by atoms with E-state index < -0.39 is 11.4 Å². The van der Waals surface area contributed by atoms with Gasteiger partial charge in [-0.15, -0.1) is 0 Å². The number of carbonyl (C=O) groups is 1. The molecule has 2 rings (SSSR count). The van der Waals surface area contributed by atoms with Crippen molar-refractivity contribution in [3.8, 4) is 34.8 Å². The topological polar surface area (TPSA) is 138 Å². The molecule has 0 amide bonds. The Hall–Kier alpha value is -3.63. The molecule has 0 fully saturated rings. The summed E-state index contributed by atoms with van der Waals surface area (Å²) in [5.74, 6) is 4.47. The first kappa shape index (κ1) is 29.6. The molecule has 0 saturated heterocycles. The van der Waals surface area contributed by atoms with Crippen molar-refractivity contribution in [3.63, 3.8) is 0 Å². The molecule has 0 saturated carbocycles. The summed E-state index contributed by atoms with van der Waals surface area (Å²) in [6.45, 7) is 7.33. The second kappa shape index (κ2) is 12.6. The maximum Gasteiger partial charge on any atom is 0.309 e. The fourth-order valence-corrected chi connectivity index (χ4v) is 3.70. The predicted molar refractivity (Wildman–Crippen MR) is 144 cm³/mol. The highest BCUT2D eigenvalue weighted by molar-refractivity contribution is 5.78. The van der Waals surface area contributed by atoms with Crippen LogP contribution >= 0.6 is 0 Å². The lowest BCUT2D eigenvalue weighted by Gasteiger charge is -2.21. The first-order valence-corrected chi connectivity index (χ1v) is 12.4. The molecule has 0 aliphatic rings. The van der Waals surface area contributed by atoms with Gasteiger partial charge in [0.2, 0.25) is 0 Å². The molecule has 7 nitrogen and oxygen atoms in total. The summed E-state index contributed by atoms with van der Waals surface area (Å²) < 4.78 is 0. The Kier molecular flexibility index (Phi) is 10.0. The molecule has 0 aromatic heterocycles. The minimum atomic E-state index is -0.915. The molecule has 0 heterocycles. The molecule has 0 spiro atoms. The van der Waals surface area contributed by atoms with Gasteiger partial charge in [0, 0.05) is 24.2 Å². The number of hydrogen-bond acceptors (Lipinski definition) is 6. The van der Waals surface area contributed by atoms with Gasteiger partial charge in [-0.3, -0.25) is 4.79 Å². The Bertz CT molecular complexity index is 1200. The molecule has 7 heteroatoms. The largest absolute Gasteiger partial charge is 0.508 e. The number of phenols is 4. The van der Waals surface area contributed by atoms with Gasteiger partial charge >= 0.3 is 5.97 Å². The summed E-state index contributed by atoms with van der Waals surface area (Å²) in [4.78, 5) is 11.2. The normalized spacial score (nSPS) is 11.9. The zero-order valence-corrected chi connectivity index (χ0v) is 22.0. The minimum Gasteiger partial charge on any atom is -0.508 e. The molecule has 0 atom stereocenters. The van der Waals surface area contributed by atoms with Crippen LogP contribution in [0.3, 0.4) is 0 Å². The van der Waals surface area contributed by atoms with Crippen LogP contribution in [0.4, 0.5) is 0 Å². The van der Waals surface area contributed by atoms with Gasteiger partial charge in [0.15, 0.2) is 0 Å². The maximum atomic E-state index is 11.2. The number of carboxylic acid groups (broad SMARTS) is 1. The van der Waals surface area contributed by atoms with E-state index in [1.165, 1.54) is 36.4 Å². The summed E-state index contributed by atoms with van der Waals surface area (Å²) in [5, 5.41) is 60.3. The van der Waals surface area contributed by atoms with E-state index in [0.717, 1.165) is 19.3 Å². The summed E-state index contributed by atoms with van der Waals surface area (Å²) in [6.07, 6.45) is 6.72. The second-order valence-electron chi connectivity index (χ2n) is 10.8. The van der Waals surface area contributed by atoms with Gasteiger partial charge in [-0.2, -0.15) is 0 Å². The Labute approximate surface area is 218 Å². The Morgan fingerprint density at radius 1 is 0.865 bits per heavy atom. The lowest BCUT2D eigenvalue weighted by atomic mass is 9.87. The lowest BCUT2D eigenvalue weighted by Crippen LogP contribution is -2.23. The van der Waals surface area contributed by atoms with E-state index in [1.807, 2.05) is 13.8 Å². The number of hydrogen-bond donors (Lipinski definition) is 6. The van der Waals surface area contributed by atoms with Crippen molar-refractivity contribution >= 4 is 18.1 Å². The molecule has 2 aromatic rings. The molecule has 0 aliphatic carbocycles. The van der Waals surface area contributed by atoms with Gasteiger partial charge in [0.05, 0.1) is 11.0 Å². The van der Waals surface area contributed by atoms with Crippen molar-refractivity contribution in [2.45, 2.75) is 66.2 Å². The highest BCUT2D eigenvalue weighted by Crippen LogP contribution is 2.34. The molecule has 0 bridgehead atoms. The molecule has 37 heavy (non-hydrogen) atoms. The van der Waals surface area contributed by atoms with Gasteiger partial charge in [-0.25, -0.2) is 0 Å². The van der Waals surface area contributed by atoms with Gasteiger partial charge in [-0.1, -0.05) is 44.3 Å². The van der Waals surface area contributed by atoms with E-state index in [-0.39, 0.29) is 46.1 Å². The molecule has 0 unspecified atom stereocenters. The number of aromatic hydroxyl groups is 4. The van der Waals surface area contributed by atoms with Gasteiger partial charge in [-0.05, 0) is 74.8 Å². The first-order valence-electron chi connectivity index (χ1n) is 12.4. The van der Waals surface area contributed by atoms with E-state index in [9.17, 15) is 35.4 Å². The van der Waals surface area contributed by atoms with E-state index in [4.69, 9.17) is 0 Å². The van der Waals surface area contributed by atoms with Crippen LogP contribution in [0, 0.1) is 22.7 Å². The Balaban J connectivity index is 2.20. The molecule has 6 N–H and O–H groups in total. The summed E-state index contributed by atoms with van der Waals surface area (Å²) in [5.41, 5.74) is 0.345. The molecule has 200 valence electrons. The molecular formula is C30H38O7. The van der Waals surface area contributed by atoms with E-state index in [0.29, 0.717) is 30.4 Å². The van der Waals surface area contributed by atoms with Crippen LogP contribution in [0.1, 0.15) is 82.1 Å². The number of aliphatic carboxylic acids is 1. The molecule has 2 aromatic carbocycles. The summed E-state index contributed by atoms with van der Waals surface area (Å²) in [7, 11) is 0. The van der Waals surface area contributed by atoms with Crippen molar-refractivity contribution < 1.29 is 35.4 Å². The number of unbranched alkanes of at least 4 members (excludes halogenated alkanes) is 1. The lowest BCUT2D eigenvalue weighted by molar-refractivity contribution is -0.147. The van der Waals surface area contributed by atoms with Gasteiger partial charge < -0.3 is 30.6 Å². The average molecular weight is 511 g/mol. The van der Waals surface area contributed by atoms with Crippen LogP contribution in [0.25, 0.3) is 12.2 Å². The average Bonchev–Trinajstić information content (AvgIpc) is 2.82. The van der Waals surface area contributed by atoms with Crippen LogP contribution in [0.2, 0.25) is 0 Å². The van der Waals surface area contributed by atoms with Gasteiger partial charge in [0.25, 0.3) is 0 Å². The highest BCUT2D eigenvalue weighted by Gasteiger charge is 2.25. The smallest absolute Gasteiger partial charge is 0.309 e. The third kappa shape index (κ3) is 8.76. The monoisotopic (exact) mass is 510 g/mol. The van der Waals surface area contributed by atoms with Crippen molar-refractivity contribution in [2.24, 2.45) is 10.8 Å². The zero-order valence-electron chi connectivity index (χ0n) is 22.0. The Morgan fingerprint density at radius 3 is 2.05 bits per heavy atom. The van der Waals surface area contributed by atoms with Crippen molar-refractivity contribution in [1.29, 1.82) is 0 Å². The highest BCUT2D eigenvalue weighted by atomic mass is 16.4. The van der Waals surface area contributed by atoms with Crippen LogP contribution in [0.15, 0.2) is 24.3 Å². The number of aliphatic hydroxyl groups excluding tert-OH is 1. The quantitative estimate of drug-likeness (QED) is 0.0993. The van der Waals surface area contributed by atoms with E-state index in [2.05, 4.69) is 11.8 Å². The SMILES string of the molecule is CC(C)(CO)CCCCc1cc(O)cc(C=Cc2cc(O)cc(C#CCCC(C)(C)C(=O)O)c2O)c1O. The number of phenolic OH excluding ortho intramolecular Hbond substituents is 4. The number of benzene rings is 2. The molecule has 0 radical (unpaired) electrons. The van der Waals surface area contributed by atoms with Crippen LogP contribution in [-0.2, 0) is 11.2 Å². The van der Waals surface area contributed by atoms with Crippen molar-refractivity contribution in [3.05, 3.63) is 46.5 Å². The van der Waals surface area contributed by atoms with Crippen LogP contribution in [0.5, 0.6) is 23.0 Å². The second-order valence-corrected chi connectivity index (χ2v) is 10.8. The fraction of sp³-hybridized carbons (Fsp3) is 0.433. The molecule has 0 aliphatic heterocycles. The number of rotatable bonds is 11. The third-order valence-corrected chi connectivity index (χ3v) is 6.42. The zero-order chi connectivity index (χ0) is 27.8. The minimum absolute atomic E-state index is 0.000824. The van der Waals surface area contributed by atoms with E-state index in [1.54, 1.807) is 13.8 Å². The summed E-state index contributed by atoms with van der Waals surface area (Å²) in [6, 6.07) is 5.61. The Morgan fingerprint density at radius 2 is 1.46 bits per heavy atom. The van der Waals surface area contributed by atoms with Crippen molar-refractivity contribution in [1.82, 2.24) is 0 Å². The summed E-state index contributed by atoms with van der Waals surface area (Å²) >= 11 is 0. The van der Waals surface area contributed by atoms with Crippen molar-refractivity contribution in [2.75, 3.05) is 6.61 Å². The molecular weight excluding hydrogens is 472 g/mol. The van der Waals surface area contributed by atoms with Crippen LogP contribution < -0.4 is 0 Å². The number of aliphatic hydroxyl groups is 1. The van der Waals surface area contributed by atoms with E-state index >= 15 is 0 Å². The predicted octanol–water partition coefficient (Wildman–Crippen LogP) is 5.65. The maximum absolute atomic E-state index is 11.2. The number of carboxylic acids is 1. The fourth-order valence-electron chi connectivity index (χ4n) is 3.70. The van der Waals surface area contributed by atoms with Gasteiger partial charge in [0.1, 0.15) is 23.0 Å².